The van der Waals surface area contributed by atoms with Gasteiger partial charge in [-0.15, -0.1) is 0 Å². The molecular formula is C9H18N2O2. The molecule has 76 valence electrons. The zero-order chi connectivity index (χ0) is 10.0. The standard InChI is InChI=1S/C9H18N2O2/c1-6-3-8(12)5-11(4-6)9(13)7(2)10/h6-8,12H,3-5,10H2,1-2H3/t6?,7-,8?/m0/s1. The Morgan fingerprint density at radius 1 is 1.62 bits per heavy atom. The summed E-state index contributed by atoms with van der Waals surface area (Å²) in [6.45, 7) is 4.86. The van der Waals surface area contributed by atoms with Crippen LogP contribution in [0.2, 0.25) is 0 Å². The van der Waals surface area contributed by atoms with Crippen LogP contribution in [0, 0.1) is 5.92 Å². The van der Waals surface area contributed by atoms with E-state index in [1.807, 2.05) is 6.92 Å². The molecule has 13 heavy (non-hydrogen) atoms. The van der Waals surface area contributed by atoms with Gasteiger partial charge in [-0.1, -0.05) is 6.92 Å². The quantitative estimate of drug-likeness (QED) is 0.583. The Bertz CT molecular complexity index is 184. The van der Waals surface area contributed by atoms with Crippen LogP contribution in [0.5, 0.6) is 0 Å². The maximum Gasteiger partial charge on any atom is 0.239 e. The molecule has 2 unspecified atom stereocenters. The highest BCUT2D eigenvalue weighted by Gasteiger charge is 2.27. The minimum Gasteiger partial charge on any atom is -0.391 e. The summed E-state index contributed by atoms with van der Waals surface area (Å²) < 4.78 is 0. The Labute approximate surface area is 78.7 Å². The number of carbonyl (C=O) groups excluding carboxylic acids is 1. The van der Waals surface area contributed by atoms with Crippen LogP contribution in [-0.4, -0.2) is 41.1 Å². The van der Waals surface area contributed by atoms with E-state index in [1.54, 1.807) is 11.8 Å². The first kappa shape index (κ1) is 10.5. The second-order valence-electron chi connectivity index (χ2n) is 4.03. The Kier molecular flexibility index (Phi) is 3.27. The van der Waals surface area contributed by atoms with Gasteiger partial charge in [-0.2, -0.15) is 0 Å². The van der Waals surface area contributed by atoms with E-state index < -0.39 is 6.04 Å². The lowest BCUT2D eigenvalue weighted by molar-refractivity contribution is -0.136. The van der Waals surface area contributed by atoms with Crippen molar-refractivity contribution < 1.29 is 9.90 Å². The van der Waals surface area contributed by atoms with Gasteiger partial charge in [0.2, 0.25) is 5.91 Å². The molecule has 3 atom stereocenters. The van der Waals surface area contributed by atoms with Crippen LogP contribution >= 0.6 is 0 Å². The van der Waals surface area contributed by atoms with Crippen LogP contribution in [0.4, 0.5) is 0 Å². The Morgan fingerprint density at radius 2 is 2.23 bits per heavy atom. The number of rotatable bonds is 1. The first-order valence-corrected chi connectivity index (χ1v) is 4.73. The average Bonchev–Trinajstić information content (AvgIpc) is 2.01. The van der Waals surface area contributed by atoms with Gasteiger partial charge in [0, 0.05) is 13.1 Å². The minimum atomic E-state index is -0.461. The molecule has 0 aromatic heterocycles. The van der Waals surface area contributed by atoms with Crippen molar-refractivity contribution in [2.24, 2.45) is 11.7 Å². The van der Waals surface area contributed by atoms with Crippen LogP contribution < -0.4 is 5.73 Å². The van der Waals surface area contributed by atoms with Crippen molar-refractivity contribution in [3.05, 3.63) is 0 Å². The third-order valence-corrected chi connectivity index (χ3v) is 2.34. The van der Waals surface area contributed by atoms with E-state index >= 15 is 0 Å². The maximum atomic E-state index is 11.5. The number of β-amino-alcohol motifs (C(OH)–C–C–N with tert-alkyl or cyclic N) is 1. The number of carbonyl (C=O) groups is 1. The van der Waals surface area contributed by atoms with Gasteiger partial charge >= 0.3 is 0 Å². The number of aliphatic hydroxyl groups is 1. The van der Waals surface area contributed by atoms with Crippen molar-refractivity contribution in [1.82, 2.24) is 4.90 Å². The van der Waals surface area contributed by atoms with Crippen molar-refractivity contribution in [2.75, 3.05) is 13.1 Å². The number of nitrogens with two attached hydrogens (primary N) is 1. The van der Waals surface area contributed by atoms with Gasteiger partial charge in [0.15, 0.2) is 0 Å². The summed E-state index contributed by atoms with van der Waals surface area (Å²) in [5.41, 5.74) is 5.48. The molecule has 1 saturated heterocycles. The third-order valence-electron chi connectivity index (χ3n) is 2.34. The lowest BCUT2D eigenvalue weighted by Crippen LogP contribution is -2.50. The largest absolute Gasteiger partial charge is 0.391 e. The number of amides is 1. The van der Waals surface area contributed by atoms with Gasteiger partial charge < -0.3 is 15.7 Å². The fraction of sp³-hybridized carbons (Fsp3) is 0.889. The molecule has 0 saturated carbocycles. The van der Waals surface area contributed by atoms with Crippen molar-refractivity contribution in [3.63, 3.8) is 0 Å². The van der Waals surface area contributed by atoms with Crippen LogP contribution in [0.25, 0.3) is 0 Å². The second-order valence-corrected chi connectivity index (χ2v) is 4.03. The molecule has 1 fully saturated rings. The fourth-order valence-electron chi connectivity index (χ4n) is 1.79. The SMILES string of the molecule is CC1CC(O)CN(C(=O)[C@H](C)N)C1. The van der Waals surface area contributed by atoms with E-state index in [9.17, 15) is 9.90 Å². The molecule has 0 aromatic rings. The number of hydrogen-bond acceptors (Lipinski definition) is 3. The second kappa shape index (κ2) is 4.07. The summed E-state index contributed by atoms with van der Waals surface area (Å²) in [4.78, 5) is 13.1. The zero-order valence-corrected chi connectivity index (χ0v) is 8.23. The molecule has 1 heterocycles. The summed E-state index contributed by atoms with van der Waals surface area (Å²) in [6.07, 6.45) is 0.398. The van der Waals surface area contributed by atoms with E-state index in [0.717, 1.165) is 13.0 Å². The highest BCUT2D eigenvalue weighted by molar-refractivity contribution is 5.81. The average molecular weight is 186 g/mol. The van der Waals surface area contributed by atoms with Gasteiger partial charge in [-0.3, -0.25) is 4.79 Å². The Balaban J connectivity index is 2.55. The fourth-order valence-corrected chi connectivity index (χ4v) is 1.79. The number of piperidine rings is 1. The van der Waals surface area contributed by atoms with E-state index in [4.69, 9.17) is 5.73 Å². The number of likely N-dealkylation sites (tertiary alicyclic amines) is 1. The van der Waals surface area contributed by atoms with Gasteiger partial charge in [0.1, 0.15) is 0 Å². The first-order chi connectivity index (χ1) is 6.00. The molecule has 0 spiro atoms. The lowest BCUT2D eigenvalue weighted by atomic mass is 9.97. The predicted molar refractivity (Wildman–Crippen MR) is 50.0 cm³/mol. The highest BCUT2D eigenvalue weighted by Crippen LogP contribution is 2.16. The summed E-state index contributed by atoms with van der Waals surface area (Å²) in [6, 6.07) is -0.461. The molecule has 0 bridgehead atoms. The molecule has 1 rings (SSSR count). The van der Waals surface area contributed by atoms with E-state index in [2.05, 4.69) is 0 Å². The Hall–Kier alpha value is -0.610. The van der Waals surface area contributed by atoms with Crippen molar-refractivity contribution in [3.8, 4) is 0 Å². The minimum absolute atomic E-state index is 0.0643. The van der Waals surface area contributed by atoms with Gasteiger partial charge in [-0.05, 0) is 19.3 Å². The molecule has 1 amide bonds. The number of nitrogens with zero attached hydrogens (tertiary/aromatic N) is 1. The molecule has 1 aliphatic heterocycles. The smallest absolute Gasteiger partial charge is 0.239 e. The van der Waals surface area contributed by atoms with Gasteiger partial charge in [0.05, 0.1) is 12.1 Å². The molecule has 4 heteroatoms. The maximum absolute atomic E-state index is 11.5. The molecule has 3 N–H and O–H groups in total. The summed E-state index contributed by atoms with van der Waals surface area (Å²) in [5, 5.41) is 9.45. The molecule has 1 aliphatic rings. The molecule has 0 aromatic carbocycles. The van der Waals surface area contributed by atoms with E-state index in [1.165, 1.54) is 0 Å². The Morgan fingerprint density at radius 3 is 2.69 bits per heavy atom. The van der Waals surface area contributed by atoms with Crippen LogP contribution in [0.15, 0.2) is 0 Å². The summed E-state index contributed by atoms with van der Waals surface area (Å²) in [7, 11) is 0. The monoisotopic (exact) mass is 186 g/mol. The molecular weight excluding hydrogens is 168 g/mol. The van der Waals surface area contributed by atoms with Gasteiger partial charge in [-0.25, -0.2) is 0 Å². The lowest BCUT2D eigenvalue weighted by Gasteiger charge is -2.35. The number of aliphatic hydroxyl groups excluding tert-OH is 1. The normalized spacial score (nSPS) is 31.5. The van der Waals surface area contributed by atoms with Gasteiger partial charge in [0.25, 0.3) is 0 Å². The molecule has 0 radical (unpaired) electrons. The molecule has 0 aliphatic carbocycles. The van der Waals surface area contributed by atoms with E-state index in [-0.39, 0.29) is 12.0 Å². The first-order valence-electron chi connectivity index (χ1n) is 4.73. The predicted octanol–water partition coefficient (Wildman–Crippen LogP) is -0.437. The van der Waals surface area contributed by atoms with Crippen LogP contribution in [0.1, 0.15) is 20.3 Å². The highest BCUT2D eigenvalue weighted by atomic mass is 16.3. The summed E-state index contributed by atoms with van der Waals surface area (Å²) >= 11 is 0. The van der Waals surface area contributed by atoms with Crippen LogP contribution in [-0.2, 0) is 4.79 Å². The third kappa shape index (κ3) is 2.67. The van der Waals surface area contributed by atoms with Crippen molar-refractivity contribution >= 4 is 5.91 Å². The number of hydrogen-bond donors (Lipinski definition) is 2. The summed E-state index contributed by atoms with van der Waals surface area (Å²) in [5.74, 6) is 0.303. The van der Waals surface area contributed by atoms with Crippen LogP contribution in [0.3, 0.4) is 0 Å². The molecule has 4 nitrogen and oxygen atoms in total. The van der Waals surface area contributed by atoms with Crippen molar-refractivity contribution in [2.45, 2.75) is 32.4 Å². The van der Waals surface area contributed by atoms with E-state index in [0.29, 0.717) is 12.5 Å². The topological polar surface area (TPSA) is 66.6 Å². The van der Waals surface area contributed by atoms with Crippen molar-refractivity contribution in [1.29, 1.82) is 0 Å². The zero-order valence-electron chi connectivity index (χ0n) is 8.23.